The number of carbonyl (C=O) groups excluding carboxylic acids is 1. The molecule has 0 bridgehead atoms. The van der Waals surface area contributed by atoms with Crippen LogP contribution in [0.4, 0.5) is 11.4 Å². The number of carboxylic acid groups (broad SMARTS) is 1. The van der Waals surface area contributed by atoms with Crippen molar-refractivity contribution in [3.8, 4) is 11.5 Å². The molecule has 0 saturated carbocycles. The molecule has 3 aromatic rings. The van der Waals surface area contributed by atoms with Gasteiger partial charge in [0.2, 0.25) is 6.10 Å². The summed E-state index contributed by atoms with van der Waals surface area (Å²) in [7, 11) is -4.15. The van der Waals surface area contributed by atoms with E-state index >= 15 is 0 Å². The molecule has 0 aromatic heterocycles. The van der Waals surface area contributed by atoms with E-state index in [1.54, 1.807) is 43.3 Å². The first-order chi connectivity index (χ1) is 24.3. The van der Waals surface area contributed by atoms with Crippen LogP contribution in [0.5, 0.6) is 11.5 Å². The molecule has 1 unspecified atom stereocenters. The molecule has 2 N–H and O–H groups in total. The number of rotatable bonds is 22. The van der Waals surface area contributed by atoms with Gasteiger partial charge < -0.3 is 24.6 Å². The summed E-state index contributed by atoms with van der Waals surface area (Å²) < 4.78 is 46.6. The largest absolute Gasteiger partial charge is 0.491 e. The van der Waals surface area contributed by atoms with E-state index in [-0.39, 0.29) is 40.9 Å². The topological polar surface area (TPSA) is 144 Å². The third-order valence-corrected chi connectivity index (χ3v) is 10.1. The monoisotopic (exact) mass is 707 g/mol. The van der Waals surface area contributed by atoms with Crippen molar-refractivity contribution >= 4 is 39.1 Å². The Balaban J connectivity index is 1.53. The quantitative estimate of drug-likeness (QED) is 0.101. The molecule has 0 spiro atoms. The average Bonchev–Trinajstić information content (AvgIpc) is 3.11. The summed E-state index contributed by atoms with van der Waals surface area (Å²) in [5.41, 5.74) is 0.578. The number of sulfonamides is 1. The molecule has 4 rings (SSSR count). The van der Waals surface area contributed by atoms with Gasteiger partial charge in [-0.3, -0.25) is 4.79 Å². The molecular weight excluding hydrogens is 658 g/mol. The molecule has 0 radical (unpaired) electrons. The zero-order chi connectivity index (χ0) is 35.8. The summed E-state index contributed by atoms with van der Waals surface area (Å²) in [6.07, 6.45) is 10.5. The van der Waals surface area contributed by atoms with Gasteiger partial charge in [-0.1, -0.05) is 89.0 Å². The van der Waals surface area contributed by atoms with E-state index in [4.69, 9.17) is 14.2 Å². The van der Waals surface area contributed by atoms with Gasteiger partial charge in [-0.2, -0.15) is 0 Å². The summed E-state index contributed by atoms with van der Waals surface area (Å²) in [5.74, 6) is -1.37. The Morgan fingerprint density at radius 1 is 0.820 bits per heavy atom. The van der Waals surface area contributed by atoms with Crippen molar-refractivity contribution in [2.45, 2.75) is 89.1 Å². The molecule has 0 saturated heterocycles. The zero-order valence-corrected chi connectivity index (χ0v) is 29.8. The minimum atomic E-state index is -4.15. The highest BCUT2D eigenvalue weighted by molar-refractivity contribution is 7.90. The molecule has 1 aliphatic heterocycles. The fourth-order valence-corrected chi connectivity index (χ4v) is 7.17. The van der Waals surface area contributed by atoms with E-state index in [9.17, 15) is 23.1 Å². The van der Waals surface area contributed by atoms with Crippen molar-refractivity contribution in [3.63, 3.8) is 0 Å². The number of nitrogens with one attached hydrogen (secondary N) is 1. The van der Waals surface area contributed by atoms with Crippen molar-refractivity contribution in [3.05, 3.63) is 78.4 Å². The highest BCUT2D eigenvalue weighted by Crippen LogP contribution is 2.34. The van der Waals surface area contributed by atoms with Gasteiger partial charge in [-0.05, 0) is 61.9 Å². The Labute approximate surface area is 295 Å². The van der Waals surface area contributed by atoms with Gasteiger partial charge in [0.15, 0.2) is 5.84 Å². The zero-order valence-electron chi connectivity index (χ0n) is 29.0. The van der Waals surface area contributed by atoms with Crippen LogP contribution in [0.1, 0.15) is 88.4 Å². The fraction of sp³-hybridized carbons (Fsp3) is 0.447. The predicted molar refractivity (Wildman–Crippen MR) is 194 cm³/mol. The first kappa shape index (κ1) is 38.4. The minimum absolute atomic E-state index is 0.00376. The maximum absolute atomic E-state index is 14.2. The number of hydrogen-bond acceptors (Lipinski definition) is 8. The molecular formula is C38H49N3O8S. The first-order valence-corrected chi connectivity index (χ1v) is 19.0. The van der Waals surface area contributed by atoms with Crippen LogP contribution in [0.15, 0.2) is 82.7 Å². The molecule has 1 amide bonds. The van der Waals surface area contributed by atoms with Gasteiger partial charge in [0.05, 0.1) is 36.7 Å². The Hall–Kier alpha value is -4.42. The second kappa shape index (κ2) is 19.7. The number of aliphatic imine (C=N–C) groups is 1. The van der Waals surface area contributed by atoms with Gasteiger partial charge in [-0.25, -0.2) is 22.5 Å². The number of nitrogens with zero attached hydrogens (tertiary/aromatic N) is 2. The highest BCUT2D eigenvalue weighted by atomic mass is 32.2. The van der Waals surface area contributed by atoms with Crippen LogP contribution in [-0.2, 0) is 19.6 Å². The van der Waals surface area contributed by atoms with Gasteiger partial charge in [0, 0.05) is 6.61 Å². The summed E-state index contributed by atoms with van der Waals surface area (Å²) >= 11 is 0. The average molecular weight is 708 g/mol. The highest BCUT2D eigenvalue weighted by Gasteiger charge is 2.41. The Bertz CT molecular complexity index is 1680. The second-order valence-corrected chi connectivity index (χ2v) is 13.9. The summed E-state index contributed by atoms with van der Waals surface area (Å²) in [6.45, 7) is 4.80. The minimum Gasteiger partial charge on any atom is -0.491 e. The number of para-hydroxylation sites is 3. The Kier molecular flexibility index (Phi) is 15.1. The van der Waals surface area contributed by atoms with E-state index in [1.807, 2.05) is 6.07 Å². The van der Waals surface area contributed by atoms with E-state index in [2.05, 4.69) is 17.2 Å². The van der Waals surface area contributed by atoms with E-state index < -0.39 is 28.0 Å². The van der Waals surface area contributed by atoms with Crippen LogP contribution in [0, 0.1) is 0 Å². The van der Waals surface area contributed by atoms with E-state index in [1.165, 1.54) is 75.3 Å². The summed E-state index contributed by atoms with van der Waals surface area (Å²) in [4.78, 5) is 30.3. The lowest BCUT2D eigenvalue weighted by Crippen LogP contribution is -2.52. The fourth-order valence-electron chi connectivity index (χ4n) is 5.61. The van der Waals surface area contributed by atoms with Crippen molar-refractivity contribution in [2.24, 2.45) is 4.99 Å². The third kappa shape index (κ3) is 10.8. The van der Waals surface area contributed by atoms with E-state index in [0.717, 1.165) is 23.6 Å². The molecule has 1 atom stereocenters. The van der Waals surface area contributed by atoms with Crippen LogP contribution >= 0.6 is 0 Å². The van der Waals surface area contributed by atoms with Gasteiger partial charge in [0.25, 0.3) is 15.9 Å². The van der Waals surface area contributed by atoms with Gasteiger partial charge in [0.1, 0.15) is 16.4 Å². The molecule has 0 aliphatic carbocycles. The molecule has 270 valence electrons. The van der Waals surface area contributed by atoms with Crippen molar-refractivity contribution in [1.29, 1.82) is 0 Å². The first-order valence-electron chi connectivity index (χ1n) is 17.6. The van der Waals surface area contributed by atoms with E-state index in [0.29, 0.717) is 24.7 Å². The standard InChI is InChI=1S/C38H49N3O8S/c1-3-5-6-7-8-9-10-11-12-17-27-48-33-20-15-13-18-31(33)40-37(42)35(49-30-24-22-29(23-25-30)38(43)44)36-39-32-19-14-16-21-34(32)50(45,46)41(36)26-28-47-4-2/h13-16,18-25,35H,3-12,17,26-28H2,1-2H3,(H,40,42)(H,43,44). The maximum atomic E-state index is 14.2. The lowest BCUT2D eigenvalue weighted by atomic mass is 10.1. The summed E-state index contributed by atoms with van der Waals surface area (Å²) in [6, 6.07) is 18.8. The molecule has 11 nitrogen and oxygen atoms in total. The molecule has 1 aliphatic rings. The number of amides is 1. The molecule has 1 heterocycles. The van der Waals surface area contributed by atoms with Crippen LogP contribution in [0.2, 0.25) is 0 Å². The van der Waals surface area contributed by atoms with Gasteiger partial charge >= 0.3 is 5.97 Å². The summed E-state index contributed by atoms with van der Waals surface area (Å²) in [5, 5.41) is 12.2. The number of unbranched alkanes of at least 4 members (excludes halogenated alkanes) is 9. The van der Waals surface area contributed by atoms with Crippen molar-refractivity contribution < 1.29 is 37.3 Å². The van der Waals surface area contributed by atoms with Gasteiger partial charge in [-0.15, -0.1) is 0 Å². The van der Waals surface area contributed by atoms with Crippen molar-refractivity contribution in [2.75, 3.05) is 31.7 Å². The maximum Gasteiger partial charge on any atom is 0.335 e. The molecule has 12 heteroatoms. The third-order valence-electron chi connectivity index (χ3n) is 8.29. The smallest absolute Gasteiger partial charge is 0.335 e. The number of fused-ring (bicyclic) bond motifs is 1. The van der Waals surface area contributed by atoms with Crippen LogP contribution in [0.3, 0.4) is 0 Å². The SMILES string of the molecule is CCCCCCCCCCCCOc1ccccc1NC(=O)C(Oc1ccc(C(=O)O)cc1)C1=Nc2ccccc2S(=O)(=O)N1CCOCC. The Morgan fingerprint density at radius 3 is 2.14 bits per heavy atom. The number of hydrogen-bond donors (Lipinski definition) is 2. The molecule has 0 fully saturated rings. The lowest BCUT2D eigenvalue weighted by molar-refractivity contribution is -0.120. The number of carbonyl (C=O) groups is 2. The number of aromatic carboxylic acids is 1. The van der Waals surface area contributed by atoms with Crippen LogP contribution in [-0.4, -0.2) is 68.0 Å². The molecule has 3 aromatic carbocycles. The van der Waals surface area contributed by atoms with Crippen LogP contribution in [0.25, 0.3) is 0 Å². The second-order valence-electron chi connectivity index (χ2n) is 12.1. The van der Waals surface area contributed by atoms with Crippen molar-refractivity contribution in [1.82, 2.24) is 4.31 Å². The Morgan fingerprint density at radius 2 is 1.46 bits per heavy atom. The number of ether oxygens (including phenoxy) is 3. The number of benzene rings is 3. The number of amidine groups is 1. The number of carboxylic acids is 1. The normalized spacial score (nSPS) is 14.0. The lowest BCUT2D eigenvalue weighted by Gasteiger charge is -2.33. The predicted octanol–water partition coefficient (Wildman–Crippen LogP) is 7.84. The molecule has 50 heavy (non-hydrogen) atoms. The number of anilines is 1. The van der Waals surface area contributed by atoms with Crippen LogP contribution < -0.4 is 14.8 Å².